The topological polar surface area (TPSA) is 101 Å². The first-order chi connectivity index (χ1) is 8.09. The number of carboxylic acids is 1. The van der Waals surface area contributed by atoms with E-state index in [0.29, 0.717) is 5.69 Å². The SMILES string of the molecule is CC(C(=O)O)c1nnnn1-c1ccc(O)cc1. The molecule has 88 valence electrons. The van der Waals surface area contributed by atoms with Crippen LogP contribution < -0.4 is 0 Å². The van der Waals surface area contributed by atoms with Gasteiger partial charge in [-0.15, -0.1) is 5.10 Å². The Morgan fingerprint density at radius 3 is 2.59 bits per heavy atom. The Kier molecular flexibility index (Phi) is 2.73. The third-order valence-corrected chi connectivity index (χ3v) is 2.35. The zero-order chi connectivity index (χ0) is 12.4. The summed E-state index contributed by atoms with van der Waals surface area (Å²) in [6.07, 6.45) is 0. The average Bonchev–Trinajstić information content (AvgIpc) is 2.77. The van der Waals surface area contributed by atoms with Crippen molar-refractivity contribution < 1.29 is 15.0 Å². The molecule has 17 heavy (non-hydrogen) atoms. The van der Waals surface area contributed by atoms with Gasteiger partial charge in [-0.2, -0.15) is 4.68 Å². The fourth-order valence-corrected chi connectivity index (χ4v) is 1.35. The number of tetrazole rings is 1. The van der Waals surface area contributed by atoms with Gasteiger partial charge in [-0.1, -0.05) is 0 Å². The highest BCUT2D eigenvalue weighted by atomic mass is 16.4. The number of rotatable bonds is 3. The Morgan fingerprint density at radius 2 is 2.00 bits per heavy atom. The van der Waals surface area contributed by atoms with Crippen molar-refractivity contribution in [3.8, 4) is 11.4 Å². The first-order valence-electron chi connectivity index (χ1n) is 4.90. The fraction of sp³-hybridized carbons (Fsp3) is 0.200. The van der Waals surface area contributed by atoms with Crippen molar-refractivity contribution in [3.05, 3.63) is 30.1 Å². The van der Waals surface area contributed by atoms with Gasteiger partial charge >= 0.3 is 5.97 Å². The van der Waals surface area contributed by atoms with Crippen molar-refractivity contribution in [3.63, 3.8) is 0 Å². The third-order valence-electron chi connectivity index (χ3n) is 2.35. The zero-order valence-corrected chi connectivity index (χ0v) is 8.98. The van der Waals surface area contributed by atoms with E-state index in [1.165, 1.54) is 23.7 Å². The van der Waals surface area contributed by atoms with E-state index in [1.807, 2.05) is 0 Å². The van der Waals surface area contributed by atoms with E-state index < -0.39 is 11.9 Å². The minimum atomic E-state index is -1.00. The second-order valence-electron chi connectivity index (χ2n) is 3.53. The Morgan fingerprint density at radius 1 is 1.35 bits per heavy atom. The highest BCUT2D eigenvalue weighted by molar-refractivity contribution is 5.74. The lowest BCUT2D eigenvalue weighted by molar-refractivity contribution is -0.138. The van der Waals surface area contributed by atoms with Crippen molar-refractivity contribution in [2.45, 2.75) is 12.8 Å². The average molecular weight is 234 g/mol. The smallest absolute Gasteiger partial charge is 0.314 e. The Hall–Kier alpha value is -2.44. The Bertz CT molecular complexity index is 535. The quantitative estimate of drug-likeness (QED) is 0.804. The molecule has 0 spiro atoms. The minimum Gasteiger partial charge on any atom is -0.508 e. The molecule has 0 saturated carbocycles. The van der Waals surface area contributed by atoms with Gasteiger partial charge in [0.1, 0.15) is 11.7 Å². The van der Waals surface area contributed by atoms with Crippen LogP contribution in [0.1, 0.15) is 18.7 Å². The summed E-state index contributed by atoms with van der Waals surface area (Å²) >= 11 is 0. The minimum absolute atomic E-state index is 0.120. The molecule has 1 aromatic heterocycles. The molecule has 1 aromatic carbocycles. The van der Waals surface area contributed by atoms with Gasteiger partial charge in [0.2, 0.25) is 0 Å². The van der Waals surface area contributed by atoms with Gasteiger partial charge in [0.25, 0.3) is 0 Å². The van der Waals surface area contributed by atoms with Crippen LogP contribution in [0.15, 0.2) is 24.3 Å². The molecule has 1 unspecified atom stereocenters. The molecular weight excluding hydrogens is 224 g/mol. The van der Waals surface area contributed by atoms with Crippen LogP contribution in [0.3, 0.4) is 0 Å². The maximum Gasteiger partial charge on any atom is 0.314 e. The van der Waals surface area contributed by atoms with Gasteiger partial charge in [-0.05, 0) is 41.6 Å². The number of aromatic nitrogens is 4. The molecule has 0 aliphatic heterocycles. The van der Waals surface area contributed by atoms with Gasteiger partial charge in [0, 0.05) is 0 Å². The summed E-state index contributed by atoms with van der Waals surface area (Å²) in [5.41, 5.74) is 0.593. The highest BCUT2D eigenvalue weighted by Crippen LogP contribution is 2.18. The second kappa shape index (κ2) is 4.20. The Balaban J connectivity index is 2.43. The number of benzene rings is 1. The molecule has 7 nitrogen and oxygen atoms in total. The normalized spacial score (nSPS) is 12.3. The fourth-order valence-electron chi connectivity index (χ4n) is 1.35. The van der Waals surface area contributed by atoms with E-state index in [0.717, 1.165) is 0 Å². The number of nitrogens with zero attached hydrogens (tertiary/aromatic N) is 4. The van der Waals surface area contributed by atoms with E-state index in [4.69, 9.17) is 10.2 Å². The van der Waals surface area contributed by atoms with Crippen molar-refractivity contribution in [1.82, 2.24) is 20.2 Å². The molecule has 0 saturated heterocycles. The van der Waals surface area contributed by atoms with Crippen molar-refractivity contribution in [2.24, 2.45) is 0 Å². The lowest BCUT2D eigenvalue weighted by atomic mass is 10.1. The number of carbonyl (C=O) groups is 1. The monoisotopic (exact) mass is 234 g/mol. The maximum absolute atomic E-state index is 10.9. The predicted octanol–water partition coefficient (Wildman–Crippen LogP) is 0.556. The highest BCUT2D eigenvalue weighted by Gasteiger charge is 2.21. The molecule has 7 heteroatoms. The zero-order valence-electron chi connectivity index (χ0n) is 8.98. The number of hydrogen-bond acceptors (Lipinski definition) is 5. The van der Waals surface area contributed by atoms with Crippen LogP contribution in [-0.4, -0.2) is 36.4 Å². The molecule has 0 bridgehead atoms. The van der Waals surface area contributed by atoms with Crippen LogP contribution in [0.25, 0.3) is 5.69 Å². The van der Waals surface area contributed by atoms with Gasteiger partial charge in [0.05, 0.1) is 5.69 Å². The van der Waals surface area contributed by atoms with Crippen molar-refractivity contribution in [2.75, 3.05) is 0 Å². The first-order valence-corrected chi connectivity index (χ1v) is 4.90. The van der Waals surface area contributed by atoms with Crippen molar-refractivity contribution >= 4 is 5.97 Å². The lowest BCUT2D eigenvalue weighted by Crippen LogP contribution is -2.14. The molecule has 0 aliphatic carbocycles. The van der Waals surface area contributed by atoms with Gasteiger partial charge in [-0.25, -0.2) is 0 Å². The summed E-state index contributed by atoms with van der Waals surface area (Å²) in [6.45, 7) is 1.50. The van der Waals surface area contributed by atoms with Crippen LogP contribution in [0, 0.1) is 0 Å². The van der Waals surface area contributed by atoms with Crippen LogP contribution >= 0.6 is 0 Å². The van der Waals surface area contributed by atoms with Gasteiger partial charge in [0.15, 0.2) is 5.82 Å². The Labute approximate surface area is 96.3 Å². The van der Waals surface area contributed by atoms with Crippen LogP contribution in [-0.2, 0) is 4.79 Å². The lowest BCUT2D eigenvalue weighted by Gasteiger charge is -2.07. The van der Waals surface area contributed by atoms with E-state index in [9.17, 15) is 4.79 Å². The standard InChI is InChI=1S/C10H10N4O3/c1-6(10(16)17)9-11-12-13-14(9)7-2-4-8(15)5-3-7/h2-6,15H,1H3,(H,16,17). The first kappa shape index (κ1) is 11.1. The van der Waals surface area contributed by atoms with E-state index in [2.05, 4.69) is 15.5 Å². The maximum atomic E-state index is 10.9. The molecule has 2 N–H and O–H groups in total. The molecule has 0 aliphatic rings. The number of phenols is 1. The van der Waals surface area contributed by atoms with Crippen LogP contribution in [0.5, 0.6) is 5.75 Å². The predicted molar refractivity (Wildman–Crippen MR) is 56.9 cm³/mol. The van der Waals surface area contributed by atoms with Crippen LogP contribution in [0.2, 0.25) is 0 Å². The van der Waals surface area contributed by atoms with Gasteiger partial charge < -0.3 is 10.2 Å². The van der Waals surface area contributed by atoms with Gasteiger partial charge in [-0.3, -0.25) is 4.79 Å². The number of aliphatic carboxylic acids is 1. The molecule has 0 fully saturated rings. The number of carboxylic acid groups (broad SMARTS) is 1. The number of aromatic hydroxyl groups is 1. The molecule has 0 amide bonds. The molecule has 1 heterocycles. The number of hydrogen-bond donors (Lipinski definition) is 2. The second-order valence-corrected chi connectivity index (χ2v) is 3.53. The summed E-state index contributed by atoms with van der Waals surface area (Å²) in [4.78, 5) is 10.9. The molecular formula is C10H10N4O3. The summed E-state index contributed by atoms with van der Waals surface area (Å²) in [5.74, 6) is -1.45. The largest absolute Gasteiger partial charge is 0.508 e. The third kappa shape index (κ3) is 2.07. The van der Waals surface area contributed by atoms with Crippen LogP contribution in [0.4, 0.5) is 0 Å². The van der Waals surface area contributed by atoms with E-state index >= 15 is 0 Å². The summed E-state index contributed by atoms with van der Waals surface area (Å²) in [6, 6.07) is 6.16. The summed E-state index contributed by atoms with van der Waals surface area (Å²) in [5, 5.41) is 29.0. The molecule has 2 rings (SSSR count). The summed E-state index contributed by atoms with van der Waals surface area (Å²) in [7, 11) is 0. The molecule has 2 aromatic rings. The van der Waals surface area contributed by atoms with E-state index in [-0.39, 0.29) is 11.6 Å². The molecule has 0 radical (unpaired) electrons. The van der Waals surface area contributed by atoms with E-state index in [1.54, 1.807) is 12.1 Å². The summed E-state index contributed by atoms with van der Waals surface area (Å²) < 4.78 is 1.33. The number of phenolic OH excluding ortho intramolecular Hbond substituents is 1. The van der Waals surface area contributed by atoms with Crippen molar-refractivity contribution in [1.29, 1.82) is 0 Å². The molecule has 1 atom stereocenters.